The molecule has 1 saturated carbocycles. The highest BCUT2D eigenvalue weighted by molar-refractivity contribution is 7.89. The molecule has 1 heterocycles. The Balaban J connectivity index is 1.73. The van der Waals surface area contributed by atoms with Crippen LogP contribution in [0.15, 0.2) is 29.2 Å². The largest absolute Gasteiger partial charge is 0.369 e. The zero-order valence-corrected chi connectivity index (χ0v) is 12.5. The minimum absolute atomic E-state index is 0.147. The molecule has 1 aliphatic carbocycles. The van der Waals surface area contributed by atoms with Crippen LogP contribution in [0.1, 0.15) is 19.8 Å². The second-order valence-electron chi connectivity index (χ2n) is 5.69. The number of nitrogens with one attached hydrogen (secondary N) is 2. The Morgan fingerprint density at radius 1 is 1.25 bits per heavy atom. The minimum Gasteiger partial charge on any atom is -0.369 e. The molecule has 0 spiro atoms. The van der Waals surface area contributed by atoms with E-state index in [2.05, 4.69) is 21.9 Å². The molecule has 0 unspecified atom stereocenters. The molecule has 110 valence electrons. The van der Waals surface area contributed by atoms with E-state index in [1.54, 1.807) is 12.1 Å². The molecule has 2 aliphatic rings. The Morgan fingerprint density at radius 2 is 1.95 bits per heavy atom. The molecule has 2 N–H and O–H groups in total. The summed E-state index contributed by atoms with van der Waals surface area (Å²) < 4.78 is 26.9. The van der Waals surface area contributed by atoms with E-state index in [4.69, 9.17) is 0 Å². The maximum Gasteiger partial charge on any atom is 0.240 e. The first-order valence-corrected chi connectivity index (χ1v) is 8.64. The van der Waals surface area contributed by atoms with Crippen molar-refractivity contribution in [3.63, 3.8) is 0 Å². The Bertz CT molecular complexity index is 567. The standard InChI is InChI=1S/C14H21N3O2S/c1-11-10-17(9-8-15-11)13-4-6-14(7-5-13)20(18,19)16-12-2-3-12/h4-7,11-12,15-16H,2-3,8-10H2,1H3/t11-/m1/s1. The number of rotatable bonds is 4. The summed E-state index contributed by atoms with van der Waals surface area (Å²) in [6.07, 6.45) is 1.91. The predicted molar refractivity (Wildman–Crippen MR) is 79.5 cm³/mol. The van der Waals surface area contributed by atoms with Gasteiger partial charge >= 0.3 is 0 Å². The number of piperazine rings is 1. The van der Waals surface area contributed by atoms with Gasteiger partial charge in [0.15, 0.2) is 0 Å². The van der Waals surface area contributed by atoms with Gasteiger partial charge in [-0.15, -0.1) is 0 Å². The number of hydrogen-bond donors (Lipinski definition) is 2. The fraction of sp³-hybridized carbons (Fsp3) is 0.571. The molecular weight excluding hydrogens is 274 g/mol. The van der Waals surface area contributed by atoms with Crippen LogP contribution in [0, 0.1) is 0 Å². The summed E-state index contributed by atoms with van der Waals surface area (Å²) >= 11 is 0. The van der Waals surface area contributed by atoms with Gasteiger partial charge in [0.2, 0.25) is 10.0 Å². The molecule has 20 heavy (non-hydrogen) atoms. The Kier molecular flexibility index (Phi) is 3.70. The monoisotopic (exact) mass is 295 g/mol. The number of anilines is 1. The third-order valence-electron chi connectivity index (χ3n) is 3.78. The summed E-state index contributed by atoms with van der Waals surface area (Å²) in [6, 6.07) is 7.82. The Morgan fingerprint density at radius 3 is 2.55 bits per heavy atom. The van der Waals surface area contributed by atoms with Gasteiger partial charge in [-0.25, -0.2) is 13.1 Å². The van der Waals surface area contributed by atoms with Crippen molar-refractivity contribution < 1.29 is 8.42 Å². The molecule has 0 radical (unpaired) electrons. The van der Waals surface area contributed by atoms with Crippen LogP contribution < -0.4 is 14.9 Å². The van der Waals surface area contributed by atoms with Gasteiger partial charge in [0.25, 0.3) is 0 Å². The van der Waals surface area contributed by atoms with Gasteiger partial charge in [-0.2, -0.15) is 0 Å². The van der Waals surface area contributed by atoms with Gasteiger partial charge in [-0.1, -0.05) is 0 Å². The first kappa shape index (κ1) is 13.9. The average Bonchev–Trinajstić information content (AvgIpc) is 3.22. The van der Waals surface area contributed by atoms with E-state index in [1.165, 1.54) is 0 Å². The molecular formula is C14H21N3O2S. The lowest BCUT2D eigenvalue weighted by atomic mass is 10.2. The zero-order valence-electron chi connectivity index (χ0n) is 11.7. The molecule has 5 nitrogen and oxygen atoms in total. The highest BCUT2D eigenvalue weighted by Crippen LogP contribution is 2.23. The molecule has 3 rings (SSSR count). The van der Waals surface area contributed by atoms with Crippen LogP contribution in [0.25, 0.3) is 0 Å². The fourth-order valence-corrected chi connectivity index (χ4v) is 3.80. The summed E-state index contributed by atoms with van der Waals surface area (Å²) in [4.78, 5) is 2.64. The molecule has 0 aromatic heterocycles. The van der Waals surface area contributed by atoms with E-state index in [0.29, 0.717) is 10.9 Å². The van der Waals surface area contributed by atoms with Crippen LogP contribution in [0.3, 0.4) is 0 Å². The number of nitrogens with zero attached hydrogens (tertiary/aromatic N) is 1. The van der Waals surface area contributed by atoms with E-state index < -0.39 is 10.0 Å². The SMILES string of the molecule is C[C@@H]1CN(c2ccc(S(=O)(=O)NC3CC3)cc2)CCN1. The van der Waals surface area contributed by atoms with Crippen molar-refractivity contribution in [2.24, 2.45) is 0 Å². The molecule has 0 amide bonds. The van der Waals surface area contributed by atoms with Crippen molar-refractivity contribution in [1.29, 1.82) is 0 Å². The van der Waals surface area contributed by atoms with Crippen molar-refractivity contribution in [1.82, 2.24) is 10.0 Å². The van der Waals surface area contributed by atoms with E-state index in [9.17, 15) is 8.42 Å². The topological polar surface area (TPSA) is 61.4 Å². The third kappa shape index (κ3) is 3.13. The Hall–Kier alpha value is -1.11. The Labute approximate surface area is 120 Å². The number of hydrogen-bond acceptors (Lipinski definition) is 4. The molecule has 0 bridgehead atoms. The fourth-order valence-electron chi connectivity index (χ4n) is 2.49. The van der Waals surface area contributed by atoms with Crippen LogP contribution in [0.4, 0.5) is 5.69 Å². The summed E-state index contributed by atoms with van der Waals surface area (Å²) in [7, 11) is -3.34. The van der Waals surface area contributed by atoms with E-state index in [-0.39, 0.29) is 6.04 Å². The van der Waals surface area contributed by atoms with Crippen molar-refractivity contribution in [2.45, 2.75) is 36.7 Å². The first-order chi connectivity index (χ1) is 9.54. The van der Waals surface area contributed by atoms with Crippen molar-refractivity contribution >= 4 is 15.7 Å². The second kappa shape index (κ2) is 5.35. The first-order valence-electron chi connectivity index (χ1n) is 7.15. The molecule has 1 aromatic rings. The molecule has 1 atom stereocenters. The smallest absolute Gasteiger partial charge is 0.240 e. The lowest BCUT2D eigenvalue weighted by molar-refractivity contribution is 0.485. The molecule has 1 aliphatic heterocycles. The maximum absolute atomic E-state index is 12.1. The van der Waals surface area contributed by atoms with Gasteiger partial charge in [0.05, 0.1) is 4.90 Å². The van der Waals surface area contributed by atoms with E-state index in [1.807, 2.05) is 12.1 Å². The third-order valence-corrected chi connectivity index (χ3v) is 5.32. The van der Waals surface area contributed by atoms with Gasteiger partial charge in [-0.05, 0) is 44.0 Å². The number of benzene rings is 1. The summed E-state index contributed by atoms with van der Waals surface area (Å²) in [5.74, 6) is 0. The highest BCUT2D eigenvalue weighted by Gasteiger charge is 2.28. The molecule has 2 fully saturated rings. The minimum atomic E-state index is -3.34. The van der Waals surface area contributed by atoms with Gasteiger partial charge in [-0.3, -0.25) is 0 Å². The van der Waals surface area contributed by atoms with Crippen LogP contribution in [0.2, 0.25) is 0 Å². The normalized spacial score (nSPS) is 23.9. The summed E-state index contributed by atoms with van der Waals surface area (Å²) in [6.45, 7) is 5.03. The van der Waals surface area contributed by atoms with Crippen LogP contribution >= 0.6 is 0 Å². The molecule has 6 heteroatoms. The van der Waals surface area contributed by atoms with Gasteiger partial charge in [0.1, 0.15) is 0 Å². The number of sulfonamides is 1. The van der Waals surface area contributed by atoms with Crippen LogP contribution in [-0.4, -0.2) is 40.1 Å². The quantitative estimate of drug-likeness (QED) is 0.867. The summed E-state index contributed by atoms with van der Waals surface area (Å²) in [5.41, 5.74) is 1.09. The van der Waals surface area contributed by atoms with E-state index >= 15 is 0 Å². The second-order valence-corrected chi connectivity index (χ2v) is 7.40. The zero-order chi connectivity index (χ0) is 14.2. The predicted octanol–water partition coefficient (Wildman–Crippen LogP) is 0.925. The van der Waals surface area contributed by atoms with Gasteiger partial charge in [0, 0.05) is 37.4 Å². The summed E-state index contributed by atoms with van der Waals surface area (Å²) in [5, 5.41) is 3.40. The van der Waals surface area contributed by atoms with Crippen LogP contribution in [-0.2, 0) is 10.0 Å². The van der Waals surface area contributed by atoms with Crippen molar-refractivity contribution in [3.8, 4) is 0 Å². The van der Waals surface area contributed by atoms with Crippen LogP contribution in [0.5, 0.6) is 0 Å². The van der Waals surface area contributed by atoms with E-state index in [0.717, 1.165) is 38.2 Å². The van der Waals surface area contributed by atoms with Crippen molar-refractivity contribution in [3.05, 3.63) is 24.3 Å². The molecule has 1 aromatic carbocycles. The molecule has 1 saturated heterocycles. The van der Waals surface area contributed by atoms with Gasteiger partial charge < -0.3 is 10.2 Å². The maximum atomic E-state index is 12.1. The lowest BCUT2D eigenvalue weighted by Gasteiger charge is -2.33. The highest BCUT2D eigenvalue weighted by atomic mass is 32.2. The average molecular weight is 295 g/mol. The lowest BCUT2D eigenvalue weighted by Crippen LogP contribution is -2.49. The van der Waals surface area contributed by atoms with Crippen molar-refractivity contribution in [2.75, 3.05) is 24.5 Å².